The smallest absolute Gasteiger partial charge is 0.317 e. The van der Waals surface area contributed by atoms with Crippen molar-refractivity contribution in [2.24, 2.45) is 5.92 Å². The Morgan fingerprint density at radius 3 is 2.47 bits per heavy atom. The Kier molecular flexibility index (Phi) is 4.26. The second kappa shape index (κ2) is 5.71. The predicted molar refractivity (Wildman–Crippen MR) is 69.0 cm³/mol. The number of carbonyl (C=O) groups excluding carboxylic acids is 1. The molecule has 2 amide bonds. The third kappa shape index (κ3) is 3.60. The van der Waals surface area contributed by atoms with Gasteiger partial charge >= 0.3 is 6.03 Å². The summed E-state index contributed by atoms with van der Waals surface area (Å²) in [7, 11) is 4.09. The van der Waals surface area contributed by atoms with Crippen LogP contribution in [0.15, 0.2) is 0 Å². The lowest BCUT2D eigenvalue weighted by Gasteiger charge is -2.33. The molecule has 2 aliphatic rings. The monoisotopic (exact) mass is 239 g/mol. The first-order valence-corrected chi connectivity index (χ1v) is 6.85. The highest BCUT2D eigenvalue weighted by molar-refractivity contribution is 5.74. The molecule has 0 aromatic heterocycles. The zero-order valence-corrected chi connectivity index (χ0v) is 11.1. The molecule has 1 N–H and O–H groups in total. The summed E-state index contributed by atoms with van der Waals surface area (Å²) < 4.78 is 0. The van der Waals surface area contributed by atoms with Gasteiger partial charge in [0.25, 0.3) is 0 Å². The van der Waals surface area contributed by atoms with E-state index in [1.165, 1.54) is 32.4 Å². The average molecular weight is 239 g/mol. The highest BCUT2D eigenvalue weighted by atomic mass is 16.2. The van der Waals surface area contributed by atoms with Crippen LogP contribution in [-0.4, -0.2) is 55.6 Å². The summed E-state index contributed by atoms with van der Waals surface area (Å²) in [5, 5.41) is 3.09. The van der Waals surface area contributed by atoms with E-state index in [1.54, 1.807) is 0 Å². The lowest BCUT2D eigenvalue weighted by Crippen LogP contribution is -2.47. The van der Waals surface area contributed by atoms with Crippen molar-refractivity contribution in [3.8, 4) is 0 Å². The lowest BCUT2D eigenvalue weighted by atomic mass is 9.93. The summed E-state index contributed by atoms with van der Waals surface area (Å²) in [6.45, 7) is 3.25. The molecule has 4 heteroatoms. The van der Waals surface area contributed by atoms with E-state index in [0.29, 0.717) is 12.0 Å². The van der Waals surface area contributed by atoms with Gasteiger partial charge in [-0.15, -0.1) is 0 Å². The lowest BCUT2D eigenvalue weighted by molar-refractivity contribution is 0.164. The normalized spacial score (nSPS) is 23.2. The van der Waals surface area contributed by atoms with Crippen LogP contribution in [0.5, 0.6) is 0 Å². The van der Waals surface area contributed by atoms with E-state index in [0.717, 1.165) is 19.4 Å². The van der Waals surface area contributed by atoms with Crippen molar-refractivity contribution in [1.82, 2.24) is 15.1 Å². The van der Waals surface area contributed by atoms with Gasteiger partial charge in [0.2, 0.25) is 0 Å². The first-order chi connectivity index (χ1) is 8.15. The van der Waals surface area contributed by atoms with Gasteiger partial charge in [-0.2, -0.15) is 0 Å². The van der Waals surface area contributed by atoms with Crippen LogP contribution in [-0.2, 0) is 0 Å². The van der Waals surface area contributed by atoms with Crippen molar-refractivity contribution in [2.45, 2.75) is 38.1 Å². The summed E-state index contributed by atoms with van der Waals surface area (Å²) in [5.74, 6) is 0.684. The van der Waals surface area contributed by atoms with Crippen molar-refractivity contribution in [1.29, 1.82) is 0 Å². The number of piperidine rings is 1. The Balaban J connectivity index is 1.68. The number of nitrogens with one attached hydrogen (secondary N) is 1. The molecular formula is C13H25N3O. The van der Waals surface area contributed by atoms with Crippen LogP contribution < -0.4 is 5.32 Å². The molecule has 1 saturated carbocycles. The zero-order valence-electron chi connectivity index (χ0n) is 11.1. The standard InChI is InChI=1S/C13H25N3O/c1-15-8-6-11(7-9-15)10-16(2)13(17)14-12-4-3-5-12/h11-12H,3-10H2,1-2H3,(H,14,17). The van der Waals surface area contributed by atoms with E-state index in [9.17, 15) is 4.79 Å². The van der Waals surface area contributed by atoms with E-state index in [2.05, 4.69) is 17.3 Å². The maximum absolute atomic E-state index is 11.9. The highest BCUT2D eigenvalue weighted by Crippen LogP contribution is 2.19. The first-order valence-electron chi connectivity index (χ1n) is 6.85. The van der Waals surface area contributed by atoms with Crippen LogP contribution in [0.3, 0.4) is 0 Å². The first kappa shape index (κ1) is 12.7. The minimum atomic E-state index is 0.119. The summed E-state index contributed by atoms with van der Waals surface area (Å²) in [6, 6.07) is 0.566. The number of urea groups is 1. The van der Waals surface area contributed by atoms with Crippen molar-refractivity contribution in [2.75, 3.05) is 33.7 Å². The number of rotatable bonds is 3. The van der Waals surface area contributed by atoms with E-state index < -0.39 is 0 Å². The Hall–Kier alpha value is -0.770. The fraction of sp³-hybridized carbons (Fsp3) is 0.923. The minimum absolute atomic E-state index is 0.119. The van der Waals surface area contributed by atoms with Crippen LogP contribution in [0.25, 0.3) is 0 Å². The molecule has 2 rings (SSSR count). The van der Waals surface area contributed by atoms with Crippen LogP contribution in [0.2, 0.25) is 0 Å². The summed E-state index contributed by atoms with van der Waals surface area (Å²) in [6.07, 6.45) is 6.03. The van der Waals surface area contributed by atoms with E-state index in [1.807, 2.05) is 11.9 Å². The highest BCUT2D eigenvalue weighted by Gasteiger charge is 2.23. The van der Waals surface area contributed by atoms with Crippen LogP contribution in [0, 0.1) is 5.92 Å². The Bertz CT molecular complexity index is 257. The molecular weight excluding hydrogens is 214 g/mol. The molecule has 0 atom stereocenters. The molecule has 1 heterocycles. The second-order valence-electron chi connectivity index (χ2n) is 5.70. The van der Waals surface area contributed by atoms with E-state index >= 15 is 0 Å². The van der Waals surface area contributed by atoms with Gasteiger partial charge in [-0.3, -0.25) is 0 Å². The largest absolute Gasteiger partial charge is 0.335 e. The van der Waals surface area contributed by atoms with E-state index in [-0.39, 0.29) is 6.03 Å². The number of nitrogens with zero attached hydrogens (tertiary/aromatic N) is 2. The van der Waals surface area contributed by atoms with Crippen molar-refractivity contribution in [3.05, 3.63) is 0 Å². The topological polar surface area (TPSA) is 35.6 Å². The summed E-state index contributed by atoms with van der Waals surface area (Å²) in [5.41, 5.74) is 0. The number of hydrogen-bond donors (Lipinski definition) is 1. The molecule has 98 valence electrons. The molecule has 1 aliphatic carbocycles. The fourth-order valence-electron chi connectivity index (χ4n) is 2.55. The van der Waals surface area contributed by atoms with Gasteiger partial charge in [0.05, 0.1) is 0 Å². The Morgan fingerprint density at radius 1 is 1.29 bits per heavy atom. The Morgan fingerprint density at radius 2 is 1.94 bits per heavy atom. The molecule has 0 spiro atoms. The second-order valence-corrected chi connectivity index (χ2v) is 5.70. The molecule has 1 saturated heterocycles. The van der Waals surface area contributed by atoms with E-state index in [4.69, 9.17) is 0 Å². The molecule has 0 aromatic rings. The zero-order chi connectivity index (χ0) is 12.3. The van der Waals surface area contributed by atoms with Crippen LogP contribution in [0.4, 0.5) is 4.79 Å². The molecule has 0 aromatic carbocycles. The predicted octanol–water partition coefficient (Wildman–Crippen LogP) is 1.52. The molecule has 0 unspecified atom stereocenters. The molecule has 0 bridgehead atoms. The molecule has 4 nitrogen and oxygen atoms in total. The quantitative estimate of drug-likeness (QED) is 0.810. The minimum Gasteiger partial charge on any atom is -0.335 e. The number of carbonyl (C=O) groups is 1. The third-order valence-corrected chi connectivity index (χ3v) is 4.15. The molecule has 1 aliphatic heterocycles. The van der Waals surface area contributed by atoms with Crippen molar-refractivity contribution in [3.63, 3.8) is 0 Å². The summed E-state index contributed by atoms with van der Waals surface area (Å²) >= 11 is 0. The number of likely N-dealkylation sites (tertiary alicyclic amines) is 1. The molecule has 17 heavy (non-hydrogen) atoms. The van der Waals surface area contributed by atoms with Gasteiger partial charge in [0, 0.05) is 19.6 Å². The van der Waals surface area contributed by atoms with Crippen LogP contribution >= 0.6 is 0 Å². The van der Waals surface area contributed by atoms with Gasteiger partial charge in [-0.05, 0) is 58.2 Å². The van der Waals surface area contributed by atoms with Gasteiger partial charge in [-0.25, -0.2) is 4.79 Å². The fourth-order valence-corrected chi connectivity index (χ4v) is 2.55. The third-order valence-electron chi connectivity index (χ3n) is 4.15. The molecule has 2 fully saturated rings. The van der Waals surface area contributed by atoms with Crippen molar-refractivity contribution < 1.29 is 4.79 Å². The van der Waals surface area contributed by atoms with Gasteiger partial charge in [0.15, 0.2) is 0 Å². The Labute approximate surface area is 104 Å². The summed E-state index contributed by atoms with van der Waals surface area (Å²) in [4.78, 5) is 16.1. The van der Waals surface area contributed by atoms with Crippen molar-refractivity contribution >= 4 is 6.03 Å². The SMILES string of the molecule is CN1CCC(CN(C)C(=O)NC2CCC2)CC1. The van der Waals surface area contributed by atoms with Gasteiger partial charge < -0.3 is 15.1 Å². The number of hydrogen-bond acceptors (Lipinski definition) is 2. The van der Waals surface area contributed by atoms with Gasteiger partial charge in [-0.1, -0.05) is 0 Å². The van der Waals surface area contributed by atoms with Gasteiger partial charge in [0.1, 0.15) is 0 Å². The maximum Gasteiger partial charge on any atom is 0.317 e. The maximum atomic E-state index is 11.9. The number of amides is 2. The van der Waals surface area contributed by atoms with Crippen LogP contribution in [0.1, 0.15) is 32.1 Å². The average Bonchev–Trinajstić information content (AvgIpc) is 2.26. The molecule has 0 radical (unpaired) electrons.